The van der Waals surface area contributed by atoms with Crippen molar-refractivity contribution in [2.24, 2.45) is 0 Å². The van der Waals surface area contributed by atoms with Gasteiger partial charge in [0.15, 0.2) is 5.75 Å². The molecule has 11 nitrogen and oxygen atoms in total. The summed E-state index contributed by atoms with van der Waals surface area (Å²) in [5, 5.41) is 10.6. The molecule has 0 spiro atoms. The fourth-order valence-corrected chi connectivity index (χ4v) is 7.13. The third-order valence-electron chi connectivity index (χ3n) is 8.26. The molecule has 0 atom stereocenters. The number of alkyl halides is 3. The maximum Gasteiger partial charge on any atom is 0.490 e. The maximum absolute atomic E-state index is 13.2. The van der Waals surface area contributed by atoms with Crippen molar-refractivity contribution in [1.29, 1.82) is 0 Å². The largest absolute Gasteiger partial charge is 0.490 e. The number of likely N-dealkylation sites (tertiary alicyclic amines) is 2. The molecule has 0 aliphatic carbocycles. The molecule has 3 N–H and O–H groups in total. The van der Waals surface area contributed by atoms with E-state index in [0.717, 1.165) is 39.0 Å². The molecular formula is C34H37Cl2F3N4O7S. The fourth-order valence-electron chi connectivity index (χ4n) is 5.61. The molecule has 3 aromatic rings. The van der Waals surface area contributed by atoms with Crippen LogP contribution in [0.2, 0.25) is 10.0 Å². The van der Waals surface area contributed by atoms with E-state index in [1.807, 2.05) is 4.90 Å². The molecule has 2 fully saturated rings. The molecule has 0 aromatic heterocycles. The number of anilines is 1. The van der Waals surface area contributed by atoms with Crippen molar-refractivity contribution in [1.82, 2.24) is 15.1 Å². The Morgan fingerprint density at radius 1 is 0.882 bits per heavy atom. The minimum atomic E-state index is -5.08. The lowest BCUT2D eigenvalue weighted by atomic mass is 10.00. The van der Waals surface area contributed by atoms with Crippen LogP contribution in [0.3, 0.4) is 0 Å². The number of hydrogen-bond donors (Lipinski definition) is 3. The first kappa shape index (κ1) is 39.7. The van der Waals surface area contributed by atoms with Gasteiger partial charge in [-0.15, -0.1) is 0 Å². The summed E-state index contributed by atoms with van der Waals surface area (Å²) in [6.07, 6.45) is 0.974. The lowest BCUT2D eigenvalue weighted by molar-refractivity contribution is -0.192. The molecule has 0 radical (unpaired) electrons. The van der Waals surface area contributed by atoms with E-state index in [9.17, 15) is 31.2 Å². The lowest BCUT2D eigenvalue weighted by Gasteiger charge is -2.40. The van der Waals surface area contributed by atoms with Gasteiger partial charge >= 0.3 is 12.1 Å². The molecule has 0 unspecified atom stereocenters. The monoisotopic (exact) mass is 772 g/mol. The zero-order valence-corrected chi connectivity index (χ0v) is 29.6. The Morgan fingerprint density at radius 3 is 2.12 bits per heavy atom. The molecule has 17 heteroatoms. The zero-order valence-electron chi connectivity index (χ0n) is 27.3. The summed E-state index contributed by atoms with van der Waals surface area (Å²) in [5.41, 5.74) is 0.501. The molecule has 0 saturated carbocycles. The van der Waals surface area contributed by atoms with Gasteiger partial charge in [-0.1, -0.05) is 41.8 Å². The van der Waals surface area contributed by atoms with Crippen molar-refractivity contribution in [2.45, 2.75) is 55.6 Å². The summed E-state index contributed by atoms with van der Waals surface area (Å²) >= 11 is 12.2. The van der Waals surface area contributed by atoms with Crippen LogP contribution in [0.25, 0.3) is 0 Å². The average molecular weight is 774 g/mol. The van der Waals surface area contributed by atoms with Crippen molar-refractivity contribution >= 4 is 56.7 Å². The molecule has 2 heterocycles. The minimum absolute atomic E-state index is 0.0310. The Hall–Kier alpha value is -4.05. The average Bonchev–Trinajstić information content (AvgIpc) is 3.10. The van der Waals surface area contributed by atoms with Gasteiger partial charge in [0, 0.05) is 42.7 Å². The second-order valence-electron chi connectivity index (χ2n) is 11.8. The van der Waals surface area contributed by atoms with Crippen molar-refractivity contribution in [3.05, 3.63) is 82.3 Å². The summed E-state index contributed by atoms with van der Waals surface area (Å²) in [4.78, 5) is 38.8. The van der Waals surface area contributed by atoms with E-state index >= 15 is 0 Å². The molecule has 2 amide bonds. The zero-order chi connectivity index (χ0) is 37.2. The number of para-hydroxylation sites is 2. The van der Waals surface area contributed by atoms with Gasteiger partial charge in [0.1, 0.15) is 5.75 Å². The minimum Gasteiger partial charge on any atom is -0.475 e. The Morgan fingerprint density at radius 2 is 1.51 bits per heavy atom. The van der Waals surface area contributed by atoms with Crippen LogP contribution in [0.4, 0.5) is 18.9 Å². The van der Waals surface area contributed by atoms with Crippen LogP contribution >= 0.6 is 23.2 Å². The number of aliphatic carboxylic acids is 1. The quantitative estimate of drug-likeness (QED) is 0.204. The standard InChI is InChI=1S/C32H36Cl2N4O5S.C2HF3O2/c33-24-10-13-29(27(34)22-24)43-30-7-3-2-6-28(30)36-44(41,42)26-11-8-23(9-12-26)32(40)35-17-14-31(39)38-20-15-25(16-21-38)37-18-4-1-5-19-37;3-2(4,5)1(6)7/h2-3,6-13,22,25,36H,1,4-5,14-21H2,(H,35,40);(H,6,7). The van der Waals surface area contributed by atoms with E-state index in [1.165, 1.54) is 49.6 Å². The van der Waals surface area contributed by atoms with Crippen LogP contribution < -0.4 is 14.8 Å². The van der Waals surface area contributed by atoms with Crippen LogP contribution in [0.1, 0.15) is 48.9 Å². The Balaban J connectivity index is 0.000000755. The highest BCUT2D eigenvalue weighted by molar-refractivity contribution is 7.92. The van der Waals surface area contributed by atoms with Gasteiger partial charge in [0.2, 0.25) is 5.91 Å². The van der Waals surface area contributed by atoms with Gasteiger partial charge in [-0.05, 0) is 93.4 Å². The molecule has 0 bridgehead atoms. The number of benzene rings is 3. The summed E-state index contributed by atoms with van der Waals surface area (Å²) < 4.78 is 66.4. The van der Waals surface area contributed by atoms with Crippen LogP contribution in [0.5, 0.6) is 11.5 Å². The Kier molecular flexibility index (Phi) is 14.0. The van der Waals surface area contributed by atoms with Crippen LogP contribution in [0, 0.1) is 0 Å². The maximum atomic E-state index is 13.2. The third-order valence-corrected chi connectivity index (χ3v) is 10.2. The van der Waals surface area contributed by atoms with Crippen molar-refractivity contribution in [3.8, 4) is 11.5 Å². The number of carbonyl (C=O) groups excluding carboxylic acids is 2. The Labute approximate surface area is 303 Å². The smallest absolute Gasteiger partial charge is 0.475 e. The number of sulfonamides is 1. The molecule has 2 saturated heterocycles. The molecular weight excluding hydrogens is 736 g/mol. The van der Waals surface area contributed by atoms with E-state index in [2.05, 4.69) is 14.9 Å². The molecule has 51 heavy (non-hydrogen) atoms. The fraction of sp³-hybridized carbons (Fsp3) is 0.382. The molecule has 3 aromatic carbocycles. The van der Waals surface area contributed by atoms with Gasteiger partial charge in [0.25, 0.3) is 15.9 Å². The normalized spacial score (nSPS) is 15.7. The van der Waals surface area contributed by atoms with Crippen LogP contribution in [-0.2, 0) is 19.6 Å². The number of amides is 2. The number of carboxylic acids is 1. The number of rotatable bonds is 10. The summed E-state index contributed by atoms with van der Waals surface area (Å²) in [7, 11) is -4.01. The third kappa shape index (κ3) is 11.7. The second kappa shape index (κ2) is 17.9. The van der Waals surface area contributed by atoms with Crippen LogP contribution in [-0.4, -0.2) is 86.0 Å². The number of halogens is 5. The first-order valence-electron chi connectivity index (χ1n) is 16.1. The Bertz CT molecular complexity index is 1780. The van der Waals surface area contributed by atoms with Gasteiger partial charge < -0.3 is 25.0 Å². The highest BCUT2D eigenvalue weighted by Gasteiger charge is 2.38. The molecule has 5 rings (SSSR count). The highest BCUT2D eigenvalue weighted by atomic mass is 35.5. The van der Waals surface area contributed by atoms with Gasteiger partial charge in [0.05, 0.1) is 15.6 Å². The van der Waals surface area contributed by atoms with Gasteiger partial charge in [-0.3, -0.25) is 14.3 Å². The predicted octanol–water partition coefficient (Wildman–Crippen LogP) is 6.82. The summed E-state index contributed by atoms with van der Waals surface area (Å²) in [6.45, 7) is 4.04. The molecule has 2 aliphatic rings. The van der Waals surface area contributed by atoms with Gasteiger partial charge in [-0.25, -0.2) is 13.2 Å². The van der Waals surface area contributed by atoms with Crippen LogP contribution in [0.15, 0.2) is 71.6 Å². The SMILES string of the molecule is O=C(NCCC(=O)N1CCC(N2CCCCC2)CC1)c1ccc(S(=O)(=O)Nc2ccccc2Oc2ccc(Cl)cc2Cl)cc1.O=C(O)C(F)(F)F. The second-order valence-corrected chi connectivity index (χ2v) is 14.3. The van der Waals surface area contributed by atoms with E-state index in [1.54, 1.807) is 36.4 Å². The molecule has 276 valence electrons. The van der Waals surface area contributed by atoms with E-state index in [4.69, 9.17) is 37.8 Å². The van der Waals surface area contributed by atoms with Gasteiger partial charge in [-0.2, -0.15) is 13.2 Å². The van der Waals surface area contributed by atoms with Crippen molar-refractivity contribution in [3.63, 3.8) is 0 Å². The highest BCUT2D eigenvalue weighted by Crippen LogP contribution is 2.36. The summed E-state index contributed by atoms with van der Waals surface area (Å²) in [5.74, 6) is -2.53. The van der Waals surface area contributed by atoms with Crippen molar-refractivity contribution in [2.75, 3.05) is 37.4 Å². The number of nitrogens with one attached hydrogen (secondary N) is 2. The number of carbonyl (C=O) groups is 3. The summed E-state index contributed by atoms with van der Waals surface area (Å²) in [6, 6.07) is 17.4. The lowest BCUT2D eigenvalue weighted by Crippen LogP contribution is -2.48. The number of hydrogen-bond acceptors (Lipinski definition) is 7. The number of carboxylic acid groups (broad SMARTS) is 1. The van der Waals surface area contributed by atoms with Crippen molar-refractivity contribution < 1.29 is 45.8 Å². The van der Waals surface area contributed by atoms with E-state index < -0.39 is 22.2 Å². The number of ether oxygens (including phenoxy) is 1. The molecule has 2 aliphatic heterocycles. The number of nitrogens with zero attached hydrogens (tertiary/aromatic N) is 2. The predicted molar refractivity (Wildman–Crippen MR) is 186 cm³/mol. The first-order valence-corrected chi connectivity index (χ1v) is 18.3. The van der Waals surface area contributed by atoms with E-state index in [-0.39, 0.29) is 46.1 Å². The van der Waals surface area contributed by atoms with E-state index in [0.29, 0.717) is 22.4 Å². The first-order chi connectivity index (χ1) is 24.1. The topological polar surface area (TPSA) is 145 Å². The number of piperidine rings is 2.